The van der Waals surface area contributed by atoms with Crippen LogP contribution in [0.25, 0.3) is 0 Å². The maximum absolute atomic E-state index is 12.8. The number of anilines is 1. The molecule has 2 amide bonds. The van der Waals surface area contributed by atoms with Gasteiger partial charge in [-0.2, -0.15) is 9.57 Å². The molecule has 0 aromatic heterocycles. The third kappa shape index (κ3) is 5.07. The number of hydrogen-bond acceptors (Lipinski definition) is 5. The van der Waals surface area contributed by atoms with E-state index in [9.17, 15) is 18.0 Å². The number of piperidine rings is 1. The van der Waals surface area contributed by atoms with Crippen LogP contribution in [0.3, 0.4) is 0 Å². The Hall–Kier alpha value is -3.22. The summed E-state index contributed by atoms with van der Waals surface area (Å²) in [6.07, 6.45) is 2.38. The zero-order valence-corrected chi connectivity index (χ0v) is 19.1. The van der Waals surface area contributed by atoms with Crippen molar-refractivity contribution in [2.45, 2.75) is 37.1 Å². The molecule has 1 N–H and O–H groups in total. The first kappa shape index (κ1) is 23.0. The minimum atomic E-state index is -3.64. The Bertz CT molecular complexity index is 1160. The second-order valence-electron chi connectivity index (χ2n) is 8.35. The van der Waals surface area contributed by atoms with Gasteiger partial charge in [0.2, 0.25) is 21.8 Å². The quantitative estimate of drug-likeness (QED) is 0.703. The molecule has 9 heteroatoms. The largest absolute Gasteiger partial charge is 0.352 e. The van der Waals surface area contributed by atoms with Crippen LogP contribution < -0.4 is 10.2 Å². The predicted molar refractivity (Wildman–Crippen MR) is 123 cm³/mol. The maximum Gasteiger partial charge on any atom is 0.243 e. The summed E-state index contributed by atoms with van der Waals surface area (Å²) in [7, 11) is -3.64. The number of sulfonamides is 1. The van der Waals surface area contributed by atoms with E-state index >= 15 is 0 Å². The SMILES string of the molecule is N#Cc1ccc(S(=O)(=O)N2CCC(C(=O)NCc3ccc(N4CCCC4=O)cc3)CC2)cc1. The minimum absolute atomic E-state index is 0.0794. The Morgan fingerprint density at radius 2 is 1.70 bits per heavy atom. The van der Waals surface area contributed by atoms with Crippen LogP contribution in [-0.4, -0.2) is 44.2 Å². The van der Waals surface area contributed by atoms with Gasteiger partial charge in [0.1, 0.15) is 0 Å². The summed E-state index contributed by atoms with van der Waals surface area (Å²) in [5.74, 6) is -0.174. The molecule has 0 bridgehead atoms. The fourth-order valence-electron chi connectivity index (χ4n) is 4.26. The Balaban J connectivity index is 1.28. The lowest BCUT2D eigenvalue weighted by Gasteiger charge is -2.30. The molecule has 8 nitrogen and oxygen atoms in total. The highest BCUT2D eigenvalue weighted by Gasteiger charge is 2.32. The van der Waals surface area contributed by atoms with Gasteiger partial charge < -0.3 is 10.2 Å². The van der Waals surface area contributed by atoms with Crippen LogP contribution in [0.4, 0.5) is 5.69 Å². The van der Waals surface area contributed by atoms with E-state index in [1.165, 1.54) is 28.6 Å². The monoisotopic (exact) mass is 466 g/mol. The molecule has 2 aliphatic rings. The fraction of sp³-hybridized carbons (Fsp3) is 0.375. The molecule has 0 radical (unpaired) electrons. The molecule has 2 aromatic carbocycles. The summed E-state index contributed by atoms with van der Waals surface area (Å²) < 4.78 is 27.1. The second kappa shape index (κ2) is 9.73. The topological polar surface area (TPSA) is 111 Å². The maximum atomic E-state index is 12.8. The van der Waals surface area contributed by atoms with E-state index in [1.54, 1.807) is 4.90 Å². The molecule has 2 heterocycles. The number of nitrogens with zero attached hydrogens (tertiary/aromatic N) is 3. The van der Waals surface area contributed by atoms with Gasteiger partial charge >= 0.3 is 0 Å². The van der Waals surface area contributed by atoms with Crippen molar-refractivity contribution in [1.82, 2.24) is 9.62 Å². The Labute approximate surface area is 193 Å². The van der Waals surface area contributed by atoms with Gasteiger partial charge in [-0.1, -0.05) is 12.1 Å². The van der Waals surface area contributed by atoms with E-state index in [1.807, 2.05) is 30.3 Å². The van der Waals surface area contributed by atoms with Crippen LogP contribution >= 0.6 is 0 Å². The Morgan fingerprint density at radius 1 is 1.03 bits per heavy atom. The number of nitriles is 1. The molecule has 2 saturated heterocycles. The van der Waals surface area contributed by atoms with Crippen molar-refractivity contribution in [1.29, 1.82) is 5.26 Å². The van der Waals surface area contributed by atoms with E-state index in [0.717, 1.165) is 24.2 Å². The van der Waals surface area contributed by atoms with Crippen molar-refractivity contribution in [3.8, 4) is 6.07 Å². The van der Waals surface area contributed by atoms with E-state index < -0.39 is 10.0 Å². The lowest BCUT2D eigenvalue weighted by molar-refractivity contribution is -0.126. The van der Waals surface area contributed by atoms with E-state index in [2.05, 4.69) is 5.32 Å². The van der Waals surface area contributed by atoms with Gasteiger partial charge in [-0.05, 0) is 61.2 Å². The van der Waals surface area contributed by atoms with Gasteiger partial charge in [0.25, 0.3) is 0 Å². The summed E-state index contributed by atoms with van der Waals surface area (Å²) in [5.41, 5.74) is 2.23. The zero-order valence-electron chi connectivity index (χ0n) is 18.2. The summed E-state index contributed by atoms with van der Waals surface area (Å²) in [5, 5.41) is 11.8. The average Bonchev–Trinajstić information content (AvgIpc) is 3.28. The van der Waals surface area contributed by atoms with Crippen molar-refractivity contribution < 1.29 is 18.0 Å². The van der Waals surface area contributed by atoms with Crippen LogP contribution in [0.5, 0.6) is 0 Å². The fourth-order valence-corrected chi connectivity index (χ4v) is 5.73. The van der Waals surface area contributed by atoms with Crippen molar-refractivity contribution in [3.63, 3.8) is 0 Å². The number of carbonyl (C=O) groups is 2. The number of amides is 2. The molecule has 0 saturated carbocycles. The van der Waals surface area contributed by atoms with Crippen LogP contribution in [0.1, 0.15) is 36.8 Å². The van der Waals surface area contributed by atoms with E-state index in [0.29, 0.717) is 31.4 Å². The summed E-state index contributed by atoms with van der Waals surface area (Å²) in [6, 6.07) is 15.5. The van der Waals surface area contributed by atoms with E-state index in [-0.39, 0.29) is 35.7 Å². The summed E-state index contributed by atoms with van der Waals surface area (Å²) >= 11 is 0. The third-order valence-corrected chi connectivity index (χ3v) is 8.15. The number of carbonyl (C=O) groups excluding carboxylic acids is 2. The zero-order chi connectivity index (χ0) is 23.4. The van der Waals surface area contributed by atoms with Crippen LogP contribution in [0.15, 0.2) is 53.4 Å². The van der Waals surface area contributed by atoms with E-state index in [4.69, 9.17) is 5.26 Å². The smallest absolute Gasteiger partial charge is 0.243 e. The van der Waals surface area contributed by atoms with Gasteiger partial charge in [-0.15, -0.1) is 0 Å². The third-order valence-electron chi connectivity index (χ3n) is 6.23. The normalized spacial score (nSPS) is 17.7. The highest BCUT2D eigenvalue weighted by atomic mass is 32.2. The van der Waals surface area contributed by atoms with Gasteiger partial charge in [0.05, 0.1) is 16.5 Å². The minimum Gasteiger partial charge on any atom is -0.352 e. The second-order valence-corrected chi connectivity index (χ2v) is 10.3. The molecule has 4 rings (SSSR count). The first-order chi connectivity index (χ1) is 15.9. The van der Waals surface area contributed by atoms with Crippen molar-refractivity contribution in [2.24, 2.45) is 5.92 Å². The first-order valence-electron chi connectivity index (χ1n) is 11.1. The Kier molecular flexibility index (Phi) is 6.77. The molecule has 2 aliphatic heterocycles. The lowest BCUT2D eigenvalue weighted by Crippen LogP contribution is -2.42. The van der Waals surface area contributed by atoms with Crippen molar-refractivity contribution >= 4 is 27.5 Å². The lowest BCUT2D eigenvalue weighted by atomic mass is 9.97. The number of benzene rings is 2. The standard InChI is InChI=1S/C24H26N4O4S/c25-16-18-5-9-22(10-6-18)33(31,32)27-14-11-20(12-15-27)24(30)26-17-19-3-7-21(8-4-19)28-13-1-2-23(28)29/h3-10,20H,1-2,11-15,17H2,(H,26,30). The number of hydrogen-bond donors (Lipinski definition) is 1. The molecule has 0 unspecified atom stereocenters. The number of rotatable bonds is 6. The molecule has 2 fully saturated rings. The van der Waals surface area contributed by atoms with Crippen LogP contribution in [0.2, 0.25) is 0 Å². The summed E-state index contributed by atoms with van der Waals surface area (Å²) in [6.45, 7) is 1.68. The molecule has 0 atom stereocenters. The Morgan fingerprint density at radius 3 is 2.27 bits per heavy atom. The molecule has 0 aliphatic carbocycles. The first-order valence-corrected chi connectivity index (χ1v) is 12.5. The molecular formula is C24H26N4O4S. The average molecular weight is 467 g/mol. The summed E-state index contributed by atoms with van der Waals surface area (Å²) in [4.78, 5) is 26.4. The highest BCUT2D eigenvalue weighted by molar-refractivity contribution is 7.89. The van der Waals surface area contributed by atoms with Gasteiger partial charge in [-0.25, -0.2) is 8.42 Å². The molecule has 0 spiro atoms. The predicted octanol–water partition coefficient (Wildman–Crippen LogP) is 2.40. The van der Waals surface area contributed by atoms with Gasteiger partial charge in [-0.3, -0.25) is 9.59 Å². The highest BCUT2D eigenvalue weighted by Crippen LogP contribution is 2.25. The number of nitrogens with one attached hydrogen (secondary N) is 1. The molecular weight excluding hydrogens is 440 g/mol. The molecule has 172 valence electrons. The van der Waals surface area contributed by atoms with Crippen LogP contribution in [-0.2, 0) is 26.2 Å². The molecule has 2 aromatic rings. The van der Waals surface area contributed by atoms with Gasteiger partial charge in [0.15, 0.2) is 0 Å². The van der Waals surface area contributed by atoms with Crippen molar-refractivity contribution in [2.75, 3.05) is 24.5 Å². The van der Waals surface area contributed by atoms with Gasteiger partial charge in [0, 0.05) is 44.2 Å². The van der Waals surface area contributed by atoms with Crippen LogP contribution in [0, 0.1) is 17.2 Å². The molecule has 33 heavy (non-hydrogen) atoms. The van der Waals surface area contributed by atoms with Crippen molar-refractivity contribution in [3.05, 3.63) is 59.7 Å².